The summed E-state index contributed by atoms with van der Waals surface area (Å²) < 4.78 is 0. The minimum absolute atomic E-state index is 0. The Bertz CT molecular complexity index is 1200. The Morgan fingerprint density at radius 3 is 2.00 bits per heavy atom. The van der Waals surface area contributed by atoms with Crippen LogP contribution in [0.5, 0.6) is 5.75 Å². The van der Waals surface area contributed by atoms with Crippen LogP contribution in [0.4, 0.5) is 11.4 Å². The number of carbonyl (C=O) groups excluding carboxylic acids is 1. The maximum absolute atomic E-state index is 11.6. The highest BCUT2D eigenvalue weighted by Crippen LogP contribution is 2.39. The van der Waals surface area contributed by atoms with Crippen molar-refractivity contribution in [2.75, 3.05) is 5.32 Å². The maximum atomic E-state index is 11.6. The molecule has 12 heteroatoms. The van der Waals surface area contributed by atoms with E-state index in [4.69, 9.17) is 5.11 Å². The van der Waals surface area contributed by atoms with Crippen molar-refractivity contribution in [3.8, 4) is 5.75 Å². The number of phenols is 1. The lowest BCUT2D eigenvalue weighted by Gasteiger charge is -2.28. The van der Waals surface area contributed by atoms with Crippen molar-refractivity contribution in [2.24, 2.45) is 0 Å². The Morgan fingerprint density at radius 1 is 1.00 bits per heavy atom. The average molecular weight is 516 g/mol. The second kappa shape index (κ2) is 13.4. The molecule has 0 bridgehead atoms. The highest BCUT2D eigenvalue weighted by atomic mass is 16.6. The Labute approximate surface area is 212 Å². The summed E-state index contributed by atoms with van der Waals surface area (Å²) in [7, 11) is 0. The molecule has 0 fully saturated rings. The zero-order chi connectivity index (χ0) is 27.0. The van der Waals surface area contributed by atoms with E-state index in [1.807, 2.05) is 6.92 Å². The monoisotopic (exact) mass is 515 g/mol. The number of aromatic hydroxyl groups is 1. The summed E-state index contributed by atoms with van der Waals surface area (Å²) in [6.07, 6.45) is 1.37. The Balaban J connectivity index is 0.000000417. The Hall–Kier alpha value is -4.71. The second-order valence-electron chi connectivity index (χ2n) is 7.94. The molecule has 3 rings (SSSR count). The first-order valence-corrected chi connectivity index (χ1v) is 10.9. The summed E-state index contributed by atoms with van der Waals surface area (Å²) in [5.74, 6) is -3.44. The van der Waals surface area contributed by atoms with Gasteiger partial charge in [0.2, 0.25) is 5.91 Å². The van der Waals surface area contributed by atoms with Crippen molar-refractivity contribution in [3.05, 3.63) is 86.7 Å². The minimum Gasteiger partial charge on any atom is -0.508 e. The lowest BCUT2D eigenvalue weighted by atomic mass is 9.80. The number of phenolic OH excluding ortho intramolecular Hbond substituents is 1. The van der Waals surface area contributed by atoms with Gasteiger partial charge in [0.05, 0.1) is 22.0 Å². The number of allylic oxidation sites excluding steroid dienone is 2. The molecule has 0 saturated heterocycles. The molecule has 7 N–H and O–H groups in total. The number of nitro groups is 1. The third-order valence-corrected chi connectivity index (χ3v) is 5.26. The summed E-state index contributed by atoms with van der Waals surface area (Å²) in [5, 5.41) is 44.3. The number of carboxylic acids is 2. The fraction of sp³-hybridized carbons (Fsp3) is 0.240. The van der Waals surface area contributed by atoms with Crippen molar-refractivity contribution >= 4 is 29.2 Å². The molecule has 1 amide bonds. The van der Waals surface area contributed by atoms with E-state index in [1.165, 1.54) is 38.1 Å². The van der Waals surface area contributed by atoms with E-state index >= 15 is 0 Å². The molecule has 198 valence electrons. The van der Waals surface area contributed by atoms with Crippen LogP contribution >= 0.6 is 0 Å². The first-order chi connectivity index (χ1) is 17.0. The molecule has 0 atom stereocenters. The topological polar surface area (TPSA) is 211 Å². The number of non-ortho nitro benzene ring substituents is 1. The third-order valence-electron chi connectivity index (χ3n) is 5.26. The van der Waals surface area contributed by atoms with Crippen LogP contribution < -0.4 is 10.6 Å². The fourth-order valence-electron chi connectivity index (χ4n) is 3.71. The molecule has 2 aromatic rings. The summed E-state index contributed by atoms with van der Waals surface area (Å²) in [6.45, 7) is 5.00. The van der Waals surface area contributed by atoms with E-state index in [-0.39, 0.29) is 39.5 Å². The lowest BCUT2D eigenvalue weighted by molar-refractivity contribution is -0.384. The zero-order valence-corrected chi connectivity index (χ0v) is 20.4. The van der Waals surface area contributed by atoms with Gasteiger partial charge in [-0.05, 0) is 50.1 Å². The highest BCUT2D eigenvalue weighted by Gasteiger charge is 2.36. The molecule has 1 aliphatic rings. The smallest absolute Gasteiger partial charge is 0.334 e. The summed E-state index contributed by atoms with van der Waals surface area (Å²) in [5.41, 5.74) is 1.05. The van der Waals surface area contributed by atoms with Crippen LogP contribution in [0.15, 0.2) is 71.1 Å². The lowest BCUT2D eigenvalue weighted by Crippen LogP contribution is -2.31. The SMILES string of the molecule is CC1=C(C(=O)O)C(c2cccc([N+](=O)[O-])c2)C(C(=O)O)=C(C)N1.CCCC(=O)Nc1ccc(O)cc1.O. The maximum Gasteiger partial charge on any atom is 0.334 e. The highest BCUT2D eigenvalue weighted by molar-refractivity contribution is 5.98. The summed E-state index contributed by atoms with van der Waals surface area (Å²) >= 11 is 0. The largest absolute Gasteiger partial charge is 0.508 e. The Kier molecular flexibility index (Phi) is 11.0. The van der Waals surface area contributed by atoms with Crippen LogP contribution in [-0.4, -0.2) is 43.6 Å². The number of dihydropyridines is 1. The van der Waals surface area contributed by atoms with Gasteiger partial charge in [-0.15, -0.1) is 0 Å². The predicted molar refractivity (Wildman–Crippen MR) is 135 cm³/mol. The first-order valence-electron chi connectivity index (χ1n) is 10.9. The van der Waals surface area contributed by atoms with E-state index in [1.54, 1.807) is 24.3 Å². The molecule has 0 radical (unpaired) electrons. The molecule has 2 aromatic carbocycles. The predicted octanol–water partition coefficient (Wildman–Crippen LogP) is 3.30. The summed E-state index contributed by atoms with van der Waals surface area (Å²) in [4.78, 5) is 44.6. The Morgan fingerprint density at radius 2 is 1.54 bits per heavy atom. The normalized spacial score (nSPS) is 12.9. The number of anilines is 1. The van der Waals surface area contributed by atoms with E-state index in [0.717, 1.165) is 12.1 Å². The number of nitrogens with zero attached hydrogens (tertiary/aromatic N) is 1. The quantitative estimate of drug-likeness (QED) is 0.208. The van der Waals surface area contributed by atoms with Crippen LogP contribution in [0.25, 0.3) is 0 Å². The number of hydrogen-bond donors (Lipinski definition) is 5. The van der Waals surface area contributed by atoms with Crippen LogP contribution in [0.1, 0.15) is 45.1 Å². The zero-order valence-electron chi connectivity index (χ0n) is 20.4. The van der Waals surface area contributed by atoms with Gasteiger partial charge in [0.1, 0.15) is 5.75 Å². The second-order valence-corrected chi connectivity index (χ2v) is 7.94. The van der Waals surface area contributed by atoms with Crippen molar-refractivity contribution in [1.82, 2.24) is 5.32 Å². The number of rotatable bonds is 7. The number of nitro benzene ring substituents is 1. The van der Waals surface area contributed by atoms with Crippen molar-refractivity contribution in [3.63, 3.8) is 0 Å². The van der Waals surface area contributed by atoms with Crippen LogP contribution in [0.2, 0.25) is 0 Å². The van der Waals surface area contributed by atoms with E-state index in [9.17, 15) is 34.7 Å². The van der Waals surface area contributed by atoms with Crippen molar-refractivity contribution < 1.29 is 40.1 Å². The number of amides is 1. The van der Waals surface area contributed by atoms with E-state index in [0.29, 0.717) is 17.8 Å². The molecule has 1 aliphatic heterocycles. The van der Waals surface area contributed by atoms with Gasteiger partial charge in [-0.3, -0.25) is 14.9 Å². The third kappa shape index (κ3) is 7.90. The van der Waals surface area contributed by atoms with Crippen molar-refractivity contribution in [1.29, 1.82) is 0 Å². The number of benzene rings is 2. The van der Waals surface area contributed by atoms with Gasteiger partial charge in [0.15, 0.2) is 0 Å². The molecule has 0 aromatic heterocycles. The molecular formula is C25H29N3O9. The van der Waals surface area contributed by atoms with Gasteiger partial charge in [0, 0.05) is 35.6 Å². The minimum atomic E-state index is -1.28. The van der Waals surface area contributed by atoms with E-state index < -0.39 is 22.8 Å². The molecule has 0 unspecified atom stereocenters. The number of aliphatic carboxylic acids is 2. The van der Waals surface area contributed by atoms with Crippen LogP contribution in [0.3, 0.4) is 0 Å². The van der Waals surface area contributed by atoms with Gasteiger partial charge in [-0.1, -0.05) is 19.1 Å². The molecular weight excluding hydrogens is 486 g/mol. The number of nitrogens with one attached hydrogen (secondary N) is 2. The van der Waals surface area contributed by atoms with Crippen LogP contribution in [-0.2, 0) is 14.4 Å². The van der Waals surface area contributed by atoms with Crippen LogP contribution in [0, 0.1) is 10.1 Å². The van der Waals surface area contributed by atoms with Gasteiger partial charge >= 0.3 is 11.9 Å². The molecule has 37 heavy (non-hydrogen) atoms. The molecule has 0 spiro atoms. The van der Waals surface area contributed by atoms with Gasteiger partial charge in [-0.25, -0.2) is 9.59 Å². The standard InChI is InChI=1S/C15H14N2O6.C10H13NO2.H2O/c1-7-11(14(18)19)13(12(15(20)21)8(2)16-7)9-4-3-5-10(6-9)17(22)23;1-2-3-10(13)11-8-4-6-9(12)7-5-8;/h3-6,13,16H,1-2H3,(H,18,19)(H,20,21);4-7,12H,2-3H2,1H3,(H,11,13);1H2. The number of carboxylic acid groups (broad SMARTS) is 2. The van der Waals surface area contributed by atoms with Gasteiger partial charge in [-0.2, -0.15) is 0 Å². The van der Waals surface area contributed by atoms with Crippen molar-refractivity contribution in [2.45, 2.75) is 39.5 Å². The van der Waals surface area contributed by atoms with Gasteiger partial charge in [0.25, 0.3) is 5.69 Å². The number of hydrogen-bond acceptors (Lipinski definition) is 7. The van der Waals surface area contributed by atoms with Gasteiger partial charge < -0.3 is 31.4 Å². The fourth-order valence-corrected chi connectivity index (χ4v) is 3.71. The molecule has 1 heterocycles. The number of carbonyl (C=O) groups is 3. The first kappa shape index (κ1) is 30.3. The molecule has 0 aliphatic carbocycles. The molecule has 0 saturated carbocycles. The molecule has 12 nitrogen and oxygen atoms in total. The average Bonchev–Trinajstić information content (AvgIpc) is 2.80. The van der Waals surface area contributed by atoms with E-state index in [2.05, 4.69) is 10.6 Å². The summed E-state index contributed by atoms with van der Waals surface area (Å²) in [6, 6.07) is 11.8.